The molecule has 0 aromatic heterocycles. The Morgan fingerprint density at radius 1 is 0.909 bits per heavy atom. The van der Waals surface area contributed by atoms with Gasteiger partial charge in [-0.2, -0.15) is 0 Å². The number of rotatable bonds is 7. The third-order valence-corrected chi connectivity index (χ3v) is 7.05. The fourth-order valence-corrected chi connectivity index (χ4v) is 5.30. The highest BCUT2D eigenvalue weighted by molar-refractivity contribution is 5.91. The zero-order valence-corrected chi connectivity index (χ0v) is 19.1. The van der Waals surface area contributed by atoms with E-state index < -0.39 is 5.41 Å². The molecule has 2 aliphatic rings. The molecule has 0 aliphatic carbocycles. The molecule has 4 rings (SSSR count). The van der Waals surface area contributed by atoms with Crippen LogP contribution in [-0.2, 0) is 14.9 Å². The Morgan fingerprint density at radius 3 is 1.97 bits per heavy atom. The first kappa shape index (κ1) is 23.3. The molecule has 0 radical (unpaired) electrons. The molecule has 3 N–H and O–H groups in total. The zero-order valence-electron chi connectivity index (χ0n) is 19.1. The fraction of sp³-hybridized carbons (Fsp3) is 0.462. The summed E-state index contributed by atoms with van der Waals surface area (Å²) in [6, 6.07) is 19.6. The summed E-state index contributed by atoms with van der Waals surface area (Å²) in [5, 5.41) is 3.05. The van der Waals surface area contributed by atoms with Crippen molar-refractivity contribution in [2.24, 2.45) is 11.7 Å². The summed E-state index contributed by atoms with van der Waals surface area (Å²) in [7, 11) is 0. The van der Waals surface area contributed by atoms with Crippen LogP contribution in [0.2, 0.25) is 0 Å². The SMILES string of the molecule is NC(=O)C(c1ccccc1)(c1ccccc1)C1CCN(C(=O)NCCN2CCOCC2)CC1. The highest BCUT2D eigenvalue weighted by atomic mass is 16.5. The molecule has 7 heteroatoms. The summed E-state index contributed by atoms with van der Waals surface area (Å²) >= 11 is 0. The lowest BCUT2D eigenvalue weighted by Gasteiger charge is -2.43. The molecule has 2 heterocycles. The topological polar surface area (TPSA) is 87.9 Å². The number of carbonyl (C=O) groups excluding carboxylic acids is 2. The summed E-state index contributed by atoms with van der Waals surface area (Å²) in [5.74, 6) is -0.328. The van der Waals surface area contributed by atoms with Gasteiger partial charge in [0.2, 0.25) is 5.91 Å². The number of amides is 3. The van der Waals surface area contributed by atoms with Crippen molar-refractivity contribution < 1.29 is 14.3 Å². The number of urea groups is 1. The van der Waals surface area contributed by atoms with Crippen molar-refractivity contribution in [1.82, 2.24) is 15.1 Å². The molecule has 2 saturated heterocycles. The smallest absolute Gasteiger partial charge is 0.317 e. The van der Waals surface area contributed by atoms with E-state index in [0.717, 1.165) is 44.0 Å². The Bertz CT molecular complexity index is 868. The van der Waals surface area contributed by atoms with Gasteiger partial charge in [-0.25, -0.2) is 4.79 Å². The number of ether oxygens (including phenoxy) is 1. The summed E-state index contributed by atoms with van der Waals surface area (Å²) in [6.07, 6.45) is 1.42. The number of likely N-dealkylation sites (tertiary alicyclic amines) is 1. The monoisotopic (exact) mass is 450 g/mol. The Balaban J connectivity index is 1.44. The van der Waals surface area contributed by atoms with Crippen LogP contribution in [0.25, 0.3) is 0 Å². The van der Waals surface area contributed by atoms with Crippen LogP contribution in [0.3, 0.4) is 0 Å². The minimum atomic E-state index is -0.915. The van der Waals surface area contributed by atoms with Gasteiger partial charge in [0, 0.05) is 39.3 Å². The first-order chi connectivity index (χ1) is 16.1. The normalized spacial score (nSPS) is 18.1. The lowest BCUT2D eigenvalue weighted by atomic mass is 9.62. The molecule has 2 aromatic carbocycles. The third-order valence-electron chi connectivity index (χ3n) is 7.05. The number of nitrogens with two attached hydrogens (primary N) is 1. The highest BCUT2D eigenvalue weighted by Crippen LogP contribution is 2.44. The minimum absolute atomic E-state index is 0.0113. The molecule has 33 heavy (non-hydrogen) atoms. The molecule has 0 spiro atoms. The summed E-state index contributed by atoms with van der Waals surface area (Å²) < 4.78 is 5.37. The summed E-state index contributed by atoms with van der Waals surface area (Å²) in [5.41, 5.74) is 7.06. The third kappa shape index (κ3) is 5.04. The molecule has 0 unspecified atom stereocenters. The van der Waals surface area contributed by atoms with Gasteiger partial charge in [0.1, 0.15) is 5.41 Å². The number of nitrogens with one attached hydrogen (secondary N) is 1. The number of piperidine rings is 1. The van der Waals surface area contributed by atoms with Gasteiger partial charge in [-0.05, 0) is 29.9 Å². The number of carbonyl (C=O) groups is 2. The number of hydrogen-bond donors (Lipinski definition) is 2. The van der Waals surface area contributed by atoms with Crippen LogP contribution in [-0.4, -0.2) is 74.2 Å². The molecule has 2 aliphatic heterocycles. The van der Waals surface area contributed by atoms with E-state index in [1.165, 1.54) is 0 Å². The van der Waals surface area contributed by atoms with Gasteiger partial charge in [0.25, 0.3) is 0 Å². The van der Waals surface area contributed by atoms with Crippen molar-refractivity contribution in [3.8, 4) is 0 Å². The van der Waals surface area contributed by atoms with Gasteiger partial charge in [0.15, 0.2) is 0 Å². The van der Waals surface area contributed by atoms with Crippen LogP contribution in [0.15, 0.2) is 60.7 Å². The maximum Gasteiger partial charge on any atom is 0.317 e. The van der Waals surface area contributed by atoms with Crippen molar-refractivity contribution in [2.45, 2.75) is 18.3 Å². The van der Waals surface area contributed by atoms with E-state index in [9.17, 15) is 9.59 Å². The molecule has 2 aromatic rings. The van der Waals surface area contributed by atoms with Crippen LogP contribution in [0, 0.1) is 5.92 Å². The van der Waals surface area contributed by atoms with Crippen molar-refractivity contribution in [3.63, 3.8) is 0 Å². The molecule has 3 amide bonds. The predicted octanol–water partition coefficient (Wildman–Crippen LogP) is 2.21. The van der Waals surface area contributed by atoms with E-state index in [1.807, 2.05) is 65.6 Å². The Hall–Kier alpha value is -2.90. The first-order valence-corrected chi connectivity index (χ1v) is 11.9. The first-order valence-electron chi connectivity index (χ1n) is 11.9. The van der Waals surface area contributed by atoms with Gasteiger partial charge in [-0.3, -0.25) is 9.69 Å². The lowest BCUT2D eigenvalue weighted by molar-refractivity contribution is -0.124. The van der Waals surface area contributed by atoms with Crippen LogP contribution in [0.5, 0.6) is 0 Å². The van der Waals surface area contributed by atoms with Gasteiger partial charge in [0.05, 0.1) is 13.2 Å². The van der Waals surface area contributed by atoms with Crippen molar-refractivity contribution in [1.29, 1.82) is 0 Å². The lowest BCUT2D eigenvalue weighted by Crippen LogP contribution is -2.54. The van der Waals surface area contributed by atoms with E-state index in [-0.39, 0.29) is 17.9 Å². The number of morpholine rings is 1. The highest BCUT2D eigenvalue weighted by Gasteiger charge is 2.48. The van der Waals surface area contributed by atoms with Gasteiger partial charge in [-0.1, -0.05) is 60.7 Å². The molecule has 176 valence electrons. The van der Waals surface area contributed by atoms with E-state index >= 15 is 0 Å². The van der Waals surface area contributed by atoms with Gasteiger partial charge in [-0.15, -0.1) is 0 Å². The fourth-order valence-electron chi connectivity index (χ4n) is 5.30. The van der Waals surface area contributed by atoms with E-state index in [0.29, 0.717) is 32.5 Å². The van der Waals surface area contributed by atoms with Crippen molar-refractivity contribution >= 4 is 11.9 Å². The maximum atomic E-state index is 13.1. The largest absolute Gasteiger partial charge is 0.379 e. The van der Waals surface area contributed by atoms with Crippen molar-refractivity contribution in [2.75, 3.05) is 52.5 Å². The quantitative estimate of drug-likeness (QED) is 0.677. The molecule has 0 saturated carbocycles. The average molecular weight is 451 g/mol. The molecule has 0 bridgehead atoms. The van der Waals surface area contributed by atoms with E-state index in [4.69, 9.17) is 10.5 Å². The molecular formula is C26H34N4O3. The minimum Gasteiger partial charge on any atom is -0.379 e. The maximum absolute atomic E-state index is 13.1. The second kappa shape index (κ2) is 10.8. The number of primary amides is 1. The molecule has 7 nitrogen and oxygen atoms in total. The number of benzene rings is 2. The molecule has 2 fully saturated rings. The second-order valence-electron chi connectivity index (χ2n) is 8.85. The number of nitrogens with zero attached hydrogens (tertiary/aromatic N) is 2. The zero-order chi connectivity index (χ0) is 23.1. The summed E-state index contributed by atoms with van der Waals surface area (Å²) in [4.78, 5) is 30.1. The molecule has 0 atom stereocenters. The Kier molecular flexibility index (Phi) is 7.62. The van der Waals surface area contributed by atoms with Gasteiger partial charge >= 0.3 is 6.03 Å². The average Bonchev–Trinajstić information content (AvgIpc) is 2.87. The van der Waals surface area contributed by atoms with E-state index in [2.05, 4.69) is 10.2 Å². The standard InChI is InChI=1S/C26H34N4O3/c27-24(31)26(21-7-3-1-4-8-21,22-9-5-2-6-10-22)23-11-14-30(15-12-23)25(32)28-13-16-29-17-19-33-20-18-29/h1-10,23H,11-20H2,(H2,27,31)(H,28,32). The van der Waals surface area contributed by atoms with Crippen LogP contribution >= 0.6 is 0 Å². The predicted molar refractivity (Wildman–Crippen MR) is 128 cm³/mol. The van der Waals surface area contributed by atoms with E-state index in [1.54, 1.807) is 0 Å². The second-order valence-corrected chi connectivity index (χ2v) is 8.85. The Labute approximate surface area is 195 Å². The van der Waals surface area contributed by atoms with Crippen LogP contribution in [0.1, 0.15) is 24.0 Å². The molecular weight excluding hydrogens is 416 g/mol. The Morgan fingerprint density at radius 2 is 1.45 bits per heavy atom. The van der Waals surface area contributed by atoms with Gasteiger partial charge < -0.3 is 20.7 Å². The summed E-state index contributed by atoms with van der Waals surface area (Å²) in [6.45, 7) is 5.99. The van der Waals surface area contributed by atoms with Crippen LogP contribution in [0.4, 0.5) is 4.79 Å². The van der Waals surface area contributed by atoms with Crippen molar-refractivity contribution in [3.05, 3.63) is 71.8 Å². The number of hydrogen-bond acceptors (Lipinski definition) is 4. The van der Waals surface area contributed by atoms with Crippen LogP contribution < -0.4 is 11.1 Å².